The fourth-order valence-corrected chi connectivity index (χ4v) is 2.35. The maximum absolute atomic E-state index is 12.2. The number of nitrogens with zero attached hydrogens (tertiary/aromatic N) is 1. The highest BCUT2D eigenvalue weighted by atomic mass is 16.2. The van der Waals surface area contributed by atoms with Crippen molar-refractivity contribution in [2.75, 3.05) is 25.0 Å². The maximum Gasteiger partial charge on any atom is 0.253 e. The zero-order valence-electron chi connectivity index (χ0n) is 13.6. The number of nitrogens with one attached hydrogen (secondary N) is 2. The maximum atomic E-state index is 12.2. The monoisotopic (exact) mass is 303 g/mol. The molecule has 1 aromatic rings. The van der Waals surface area contributed by atoms with Crippen LogP contribution in [0.3, 0.4) is 0 Å². The van der Waals surface area contributed by atoms with Crippen LogP contribution in [-0.2, 0) is 4.79 Å². The molecule has 1 aliphatic heterocycles. The van der Waals surface area contributed by atoms with Crippen molar-refractivity contribution in [2.24, 2.45) is 0 Å². The number of amides is 2. The van der Waals surface area contributed by atoms with Gasteiger partial charge in [0.05, 0.1) is 6.54 Å². The van der Waals surface area contributed by atoms with E-state index >= 15 is 0 Å². The van der Waals surface area contributed by atoms with E-state index in [1.807, 2.05) is 25.7 Å². The van der Waals surface area contributed by atoms with Gasteiger partial charge in [-0.3, -0.25) is 9.59 Å². The molecule has 0 aliphatic carbocycles. The highest BCUT2D eigenvalue weighted by molar-refractivity contribution is 5.96. The third-order valence-electron chi connectivity index (χ3n) is 3.59. The first-order chi connectivity index (χ1) is 10.3. The van der Waals surface area contributed by atoms with Crippen molar-refractivity contribution in [3.63, 3.8) is 0 Å². The normalized spacial score (nSPS) is 15.0. The molecule has 1 aromatic carbocycles. The van der Waals surface area contributed by atoms with Gasteiger partial charge in [0.2, 0.25) is 5.91 Å². The van der Waals surface area contributed by atoms with Crippen LogP contribution in [-0.4, -0.2) is 41.9 Å². The Morgan fingerprint density at radius 1 is 1.09 bits per heavy atom. The Morgan fingerprint density at radius 2 is 1.68 bits per heavy atom. The predicted octanol–water partition coefficient (Wildman–Crippen LogP) is 2.25. The zero-order chi connectivity index (χ0) is 16.2. The van der Waals surface area contributed by atoms with Gasteiger partial charge < -0.3 is 15.5 Å². The quantitative estimate of drug-likeness (QED) is 0.897. The lowest BCUT2D eigenvalue weighted by molar-refractivity contribution is -0.115. The van der Waals surface area contributed by atoms with E-state index in [0.29, 0.717) is 11.3 Å². The van der Waals surface area contributed by atoms with Gasteiger partial charge in [0.1, 0.15) is 0 Å². The van der Waals surface area contributed by atoms with Crippen molar-refractivity contribution in [3.8, 4) is 0 Å². The number of likely N-dealkylation sites (tertiary alicyclic amines) is 1. The molecule has 5 nitrogen and oxygen atoms in total. The molecule has 120 valence electrons. The van der Waals surface area contributed by atoms with Crippen LogP contribution in [0.25, 0.3) is 0 Å². The average Bonchev–Trinajstić information content (AvgIpc) is 2.99. The summed E-state index contributed by atoms with van der Waals surface area (Å²) in [5.74, 6) is -0.0154. The Labute approximate surface area is 132 Å². The van der Waals surface area contributed by atoms with Crippen molar-refractivity contribution >= 4 is 17.5 Å². The smallest absolute Gasteiger partial charge is 0.253 e. The fraction of sp³-hybridized carbons (Fsp3) is 0.529. The number of carbonyl (C=O) groups is 2. The minimum atomic E-state index is -0.0939. The molecule has 22 heavy (non-hydrogen) atoms. The minimum absolute atomic E-state index is 0.0739. The van der Waals surface area contributed by atoms with E-state index in [9.17, 15) is 9.59 Å². The predicted molar refractivity (Wildman–Crippen MR) is 88.0 cm³/mol. The second-order valence-corrected chi connectivity index (χ2v) is 6.73. The lowest BCUT2D eigenvalue weighted by atomic mass is 10.1. The van der Waals surface area contributed by atoms with E-state index in [1.165, 1.54) is 0 Å². The Balaban J connectivity index is 1.88. The molecule has 0 aromatic heterocycles. The lowest BCUT2D eigenvalue weighted by Gasteiger charge is -2.20. The van der Waals surface area contributed by atoms with Crippen LogP contribution in [0.1, 0.15) is 44.0 Å². The molecule has 1 fully saturated rings. The van der Waals surface area contributed by atoms with Gasteiger partial charge in [-0.2, -0.15) is 0 Å². The first kappa shape index (κ1) is 16.5. The van der Waals surface area contributed by atoms with E-state index < -0.39 is 0 Å². The minimum Gasteiger partial charge on any atom is -0.339 e. The van der Waals surface area contributed by atoms with E-state index in [-0.39, 0.29) is 23.9 Å². The van der Waals surface area contributed by atoms with Crippen molar-refractivity contribution < 1.29 is 9.59 Å². The average molecular weight is 303 g/mol. The molecular formula is C17H25N3O2. The van der Waals surface area contributed by atoms with E-state index in [0.717, 1.165) is 25.9 Å². The van der Waals surface area contributed by atoms with Gasteiger partial charge in [0, 0.05) is 29.9 Å². The van der Waals surface area contributed by atoms with Crippen LogP contribution in [0, 0.1) is 0 Å². The van der Waals surface area contributed by atoms with E-state index in [2.05, 4.69) is 10.6 Å². The second kappa shape index (κ2) is 6.92. The molecule has 2 rings (SSSR count). The van der Waals surface area contributed by atoms with Crippen LogP contribution in [0.4, 0.5) is 5.69 Å². The van der Waals surface area contributed by atoms with Crippen molar-refractivity contribution in [1.29, 1.82) is 0 Å². The van der Waals surface area contributed by atoms with Crippen molar-refractivity contribution in [3.05, 3.63) is 29.8 Å². The molecule has 0 unspecified atom stereocenters. The molecule has 0 atom stereocenters. The number of benzene rings is 1. The number of hydrogen-bond acceptors (Lipinski definition) is 3. The van der Waals surface area contributed by atoms with Crippen LogP contribution in [0.15, 0.2) is 24.3 Å². The van der Waals surface area contributed by atoms with Gasteiger partial charge in [-0.05, 0) is 57.9 Å². The molecule has 1 heterocycles. The molecule has 2 N–H and O–H groups in total. The third-order valence-corrected chi connectivity index (χ3v) is 3.59. The van der Waals surface area contributed by atoms with Crippen LogP contribution < -0.4 is 10.6 Å². The molecule has 2 amide bonds. The molecule has 0 saturated carbocycles. The lowest BCUT2D eigenvalue weighted by Crippen LogP contribution is -2.41. The first-order valence-electron chi connectivity index (χ1n) is 7.79. The van der Waals surface area contributed by atoms with Gasteiger partial charge in [0.25, 0.3) is 5.91 Å². The first-order valence-corrected chi connectivity index (χ1v) is 7.79. The summed E-state index contributed by atoms with van der Waals surface area (Å²) in [6.07, 6.45) is 2.17. The van der Waals surface area contributed by atoms with Crippen molar-refractivity contribution in [2.45, 2.75) is 39.2 Å². The third kappa shape index (κ3) is 4.84. The molecule has 0 bridgehead atoms. The molecule has 0 radical (unpaired) electrons. The standard InChI is InChI=1S/C17H25N3O2/c1-17(2,3)18-12-15(21)19-14-8-6-13(7-9-14)16(22)20-10-4-5-11-20/h6-9,18H,4-5,10-12H2,1-3H3,(H,19,21). The summed E-state index contributed by atoms with van der Waals surface area (Å²) in [4.78, 5) is 25.9. The van der Waals surface area contributed by atoms with Gasteiger partial charge in [-0.25, -0.2) is 0 Å². The highest BCUT2D eigenvalue weighted by Gasteiger charge is 2.19. The van der Waals surface area contributed by atoms with Gasteiger partial charge in [0.15, 0.2) is 0 Å². The van der Waals surface area contributed by atoms with Crippen LogP contribution in [0.5, 0.6) is 0 Å². The van der Waals surface area contributed by atoms with Crippen LogP contribution in [0.2, 0.25) is 0 Å². The molecule has 1 saturated heterocycles. The van der Waals surface area contributed by atoms with Crippen LogP contribution >= 0.6 is 0 Å². The van der Waals surface area contributed by atoms with E-state index in [1.54, 1.807) is 24.3 Å². The Hall–Kier alpha value is -1.88. The van der Waals surface area contributed by atoms with Gasteiger partial charge in [-0.1, -0.05) is 0 Å². The Bertz CT molecular complexity index is 526. The molecule has 1 aliphatic rings. The van der Waals surface area contributed by atoms with Gasteiger partial charge >= 0.3 is 0 Å². The largest absolute Gasteiger partial charge is 0.339 e. The van der Waals surface area contributed by atoms with E-state index in [4.69, 9.17) is 0 Å². The summed E-state index contributed by atoms with van der Waals surface area (Å²) in [5.41, 5.74) is 1.29. The molecule has 5 heteroatoms. The summed E-state index contributed by atoms with van der Waals surface area (Å²) in [7, 11) is 0. The summed E-state index contributed by atoms with van der Waals surface area (Å²) in [5, 5.41) is 5.96. The molecular weight excluding hydrogens is 278 g/mol. The number of anilines is 1. The Kier molecular flexibility index (Phi) is 5.19. The zero-order valence-corrected chi connectivity index (χ0v) is 13.6. The highest BCUT2D eigenvalue weighted by Crippen LogP contribution is 2.15. The van der Waals surface area contributed by atoms with Crippen molar-refractivity contribution in [1.82, 2.24) is 10.2 Å². The summed E-state index contributed by atoms with van der Waals surface area (Å²) < 4.78 is 0. The summed E-state index contributed by atoms with van der Waals surface area (Å²) in [6, 6.07) is 7.09. The second-order valence-electron chi connectivity index (χ2n) is 6.73. The van der Waals surface area contributed by atoms with Gasteiger partial charge in [-0.15, -0.1) is 0 Å². The number of hydrogen-bond donors (Lipinski definition) is 2. The fourth-order valence-electron chi connectivity index (χ4n) is 2.35. The number of rotatable bonds is 4. The summed E-state index contributed by atoms with van der Waals surface area (Å²) >= 11 is 0. The topological polar surface area (TPSA) is 61.4 Å². The summed E-state index contributed by atoms with van der Waals surface area (Å²) in [6.45, 7) is 7.99. The Morgan fingerprint density at radius 3 is 2.23 bits per heavy atom. The SMILES string of the molecule is CC(C)(C)NCC(=O)Nc1ccc(C(=O)N2CCCC2)cc1. The number of carbonyl (C=O) groups excluding carboxylic acids is 2. The molecule has 0 spiro atoms.